The summed E-state index contributed by atoms with van der Waals surface area (Å²) in [5.41, 5.74) is 4.01. The molecule has 0 fully saturated rings. The summed E-state index contributed by atoms with van der Waals surface area (Å²) in [5, 5.41) is 9.33. The molecule has 3 aromatic heterocycles. The number of aromatic amines is 1. The van der Waals surface area contributed by atoms with Crippen LogP contribution in [-0.2, 0) is 6.18 Å². The van der Waals surface area contributed by atoms with Crippen LogP contribution in [-0.4, -0.2) is 25.0 Å². The van der Waals surface area contributed by atoms with Crippen molar-refractivity contribution in [2.24, 2.45) is 0 Å². The summed E-state index contributed by atoms with van der Waals surface area (Å²) in [6.45, 7) is 0. The minimum absolute atomic E-state index is 0.0448. The first-order chi connectivity index (χ1) is 10.8. The van der Waals surface area contributed by atoms with E-state index in [2.05, 4.69) is 20.3 Å². The Balaban J connectivity index is 2.18. The summed E-state index contributed by atoms with van der Waals surface area (Å²) in [7, 11) is 0. The van der Waals surface area contributed by atoms with E-state index < -0.39 is 17.4 Å². The van der Waals surface area contributed by atoms with E-state index >= 15 is 0 Å². The molecule has 0 aliphatic carbocycles. The second-order valence-corrected chi connectivity index (χ2v) is 4.58. The Hall–Kier alpha value is -3.17. The number of nitrogens with two attached hydrogens (primary N) is 1. The Morgan fingerprint density at radius 3 is 2.61 bits per heavy atom. The van der Waals surface area contributed by atoms with E-state index in [1.165, 1.54) is 24.4 Å². The third kappa shape index (κ3) is 2.91. The highest BCUT2D eigenvalue weighted by atomic mass is 19.4. The van der Waals surface area contributed by atoms with Gasteiger partial charge in [0, 0.05) is 24.0 Å². The topological polar surface area (TPSA) is 102 Å². The van der Waals surface area contributed by atoms with E-state index in [1.807, 2.05) is 0 Å². The number of halogens is 3. The average molecular weight is 322 g/mol. The number of anilines is 1. The van der Waals surface area contributed by atoms with E-state index in [0.717, 1.165) is 16.9 Å². The molecule has 0 aliphatic rings. The number of rotatable bonds is 2. The van der Waals surface area contributed by atoms with Crippen LogP contribution in [0.5, 0.6) is 0 Å². The van der Waals surface area contributed by atoms with Crippen LogP contribution in [0.25, 0.3) is 16.9 Å². The zero-order valence-corrected chi connectivity index (χ0v) is 11.4. The van der Waals surface area contributed by atoms with Gasteiger partial charge in [-0.25, -0.2) is 14.8 Å². The summed E-state index contributed by atoms with van der Waals surface area (Å²) in [4.78, 5) is 14.7. The van der Waals surface area contributed by atoms with Gasteiger partial charge >= 0.3 is 6.18 Å². The number of nitrogens with zero attached hydrogens (tertiary/aromatic N) is 4. The van der Waals surface area contributed by atoms with Gasteiger partial charge in [0.1, 0.15) is 5.82 Å². The minimum atomic E-state index is -4.67. The zero-order valence-electron chi connectivity index (χ0n) is 11.4. The van der Waals surface area contributed by atoms with Crippen molar-refractivity contribution in [1.82, 2.24) is 25.0 Å². The van der Waals surface area contributed by atoms with Gasteiger partial charge in [-0.3, -0.25) is 4.79 Å². The molecule has 0 atom stereocenters. The number of aromatic nitrogens is 5. The van der Waals surface area contributed by atoms with Gasteiger partial charge in [-0.05, 0) is 23.8 Å². The van der Waals surface area contributed by atoms with Crippen molar-refractivity contribution >= 4 is 5.82 Å². The van der Waals surface area contributed by atoms with Crippen molar-refractivity contribution in [3.05, 3.63) is 52.7 Å². The van der Waals surface area contributed by atoms with Gasteiger partial charge in [0.2, 0.25) is 0 Å². The van der Waals surface area contributed by atoms with Gasteiger partial charge in [0.05, 0.1) is 0 Å². The smallest absolute Gasteiger partial charge is 0.384 e. The van der Waals surface area contributed by atoms with E-state index in [-0.39, 0.29) is 22.8 Å². The lowest BCUT2D eigenvalue weighted by atomic mass is 10.1. The fourth-order valence-electron chi connectivity index (χ4n) is 1.99. The number of nitrogens with one attached hydrogen (secondary N) is 1. The predicted molar refractivity (Wildman–Crippen MR) is 74.6 cm³/mol. The molecule has 3 rings (SSSR count). The van der Waals surface area contributed by atoms with E-state index in [9.17, 15) is 18.0 Å². The van der Waals surface area contributed by atoms with Gasteiger partial charge in [-0.1, -0.05) is 0 Å². The number of hydrogen-bond donors (Lipinski definition) is 2. The molecule has 0 unspecified atom stereocenters. The molecule has 0 aliphatic heterocycles. The molecule has 0 saturated carbocycles. The maximum absolute atomic E-state index is 13.2. The summed E-state index contributed by atoms with van der Waals surface area (Å²) in [5.74, 6) is 0.133. The number of hydrogen-bond acceptors (Lipinski definition) is 5. The van der Waals surface area contributed by atoms with Crippen LogP contribution in [0.3, 0.4) is 0 Å². The standard InChI is InChI=1S/C13H9F3N6O/c14-13(15,16)12-8(7-3-4-18-9(17)5-7)6-22(21-12)10-1-2-11(23)20-19-10/h1-6H,(H2,17,18)(H,20,23). The van der Waals surface area contributed by atoms with Gasteiger partial charge in [0.25, 0.3) is 5.56 Å². The molecule has 0 spiro atoms. The van der Waals surface area contributed by atoms with Crippen molar-refractivity contribution in [2.45, 2.75) is 6.18 Å². The first-order valence-corrected chi connectivity index (χ1v) is 6.29. The highest BCUT2D eigenvalue weighted by Crippen LogP contribution is 2.36. The third-order valence-electron chi connectivity index (χ3n) is 2.97. The molecule has 3 heterocycles. The highest BCUT2D eigenvalue weighted by molar-refractivity contribution is 5.68. The number of nitrogen functional groups attached to an aromatic ring is 1. The van der Waals surface area contributed by atoms with E-state index in [0.29, 0.717) is 0 Å². The molecule has 3 aromatic rings. The molecule has 0 saturated heterocycles. The fourth-order valence-corrected chi connectivity index (χ4v) is 1.99. The number of alkyl halides is 3. The number of pyridine rings is 1. The van der Waals surface area contributed by atoms with Gasteiger partial charge in [-0.2, -0.15) is 23.4 Å². The van der Waals surface area contributed by atoms with Gasteiger partial charge < -0.3 is 5.73 Å². The van der Waals surface area contributed by atoms with Crippen LogP contribution in [0.1, 0.15) is 5.69 Å². The molecule has 10 heteroatoms. The maximum atomic E-state index is 13.2. The Bertz CT molecular complexity index is 894. The molecule has 0 radical (unpaired) electrons. The lowest BCUT2D eigenvalue weighted by Crippen LogP contribution is -2.11. The first kappa shape index (κ1) is 14.8. The van der Waals surface area contributed by atoms with Crippen LogP contribution < -0.4 is 11.3 Å². The normalized spacial score (nSPS) is 11.6. The average Bonchev–Trinajstić information content (AvgIpc) is 2.93. The lowest BCUT2D eigenvalue weighted by Gasteiger charge is -2.06. The molecule has 118 valence electrons. The minimum Gasteiger partial charge on any atom is -0.384 e. The zero-order chi connectivity index (χ0) is 16.6. The molecular formula is C13H9F3N6O. The van der Waals surface area contributed by atoms with Crippen molar-refractivity contribution in [2.75, 3.05) is 5.73 Å². The second-order valence-electron chi connectivity index (χ2n) is 4.58. The van der Waals surface area contributed by atoms with E-state index in [4.69, 9.17) is 5.73 Å². The Labute approximate surface area is 126 Å². The maximum Gasteiger partial charge on any atom is 0.435 e. The van der Waals surface area contributed by atoms with Gasteiger partial charge in [0.15, 0.2) is 11.5 Å². The monoisotopic (exact) mass is 322 g/mol. The third-order valence-corrected chi connectivity index (χ3v) is 2.97. The van der Waals surface area contributed by atoms with Crippen LogP contribution in [0, 0.1) is 0 Å². The molecule has 3 N–H and O–H groups in total. The Morgan fingerprint density at radius 2 is 2.00 bits per heavy atom. The van der Waals surface area contributed by atoms with Crippen LogP contribution >= 0.6 is 0 Å². The summed E-state index contributed by atoms with van der Waals surface area (Å²) < 4.78 is 40.6. The van der Waals surface area contributed by atoms with Crippen molar-refractivity contribution in [3.8, 4) is 16.9 Å². The quantitative estimate of drug-likeness (QED) is 0.746. The summed E-state index contributed by atoms with van der Waals surface area (Å²) >= 11 is 0. The molecule has 0 bridgehead atoms. The molecule has 0 aromatic carbocycles. The largest absolute Gasteiger partial charge is 0.435 e. The van der Waals surface area contributed by atoms with Crippen LogP contribution in [0.4, 0.5) is 19.0 Å². The Morgan fingerprint density at radius 1 is 1.22 bits per heavy atom. The van der Waals surface area contributed by atoms with Gasteiger partial charge in [-0.15, -0.1) is 0 Å². The second kappa shape index (κ2) is 5.23. The number of H-pyrrole nitrogens is 1. The van der Waals surface area contributed by atoms with Crippen molar-refractivity contribution in [3.63, 3.8) is 0 Å². The Kier molecular flexibility index (Phi) is 3.36. The predicted octanol–water partition coefficient (Wildman–Crippen LogP) is 1.62. The van der Waals surface area contributed by atoms with Crippen LogP contribution in [0.15, 0.2) is 41.5 Å². The first-order valence-electron chi connectivity index (χ1n) is 6.29. The van der Waals surface area contributed by atoms with E-state index in [1.54, 1.807) is 0 Å². The summed E-state index contributed by atoms with van der Waals surface area (Å²) in [6, 6.07) is 5.11. The highest BCUT2D eigenvalue weighted by Gasteiger charge is 2.37. The fraction of sp³-hybridized carbons (Fsp3) is 0.0769. The van der Waals surface area contributed by atoms with Crippen LogP contribution in [0.2, 0.25) is 0 Å². The van der Waals surface area contributed by atoms with Crippen molar-refractivity contribution in [1.29, 1.82) is 0 Å². The molecule has 23 heavy (non-hydrogen) atoms. The lowest BCUT2D eigenvalue weighted by molar-refractivity contribution is -0.140. The molecule has 7 nitrogen and oxygen atoms in total. The SMILES string of the molecule is Nc1cc(-c2cn(-c3ccc(=O)[nH]n3)nc2C(F)(F)F)ccn1. The van der Waals surface area contributed by atoms with Crippen molar-refractivity contribution < 1.29 is 13.2 Å². The molecular weight excluding hydrogens is 313 g/mol. The molecule has 0 amide bonds. The summed E-state index contributed by atoms with van der Waals surface area (Å²) in [6.07, 6.45) is -2.19.